The standard InChI is InChI=1S/C16H19ClN4OS/c1-16(2,3)14-20-21(9-10-4-5-10)15(23-14)19-13(22)11-8-18-7-6-12(11)17/h6-8,10H,4-5,9H2,1-3H3/b19-15-. The van der Waals surface area contributed by atoms with Crippen LogP contribution in [0.25, 0.3) is 0 Å². The number of rotatable bonds is 3. The molecule has 1 amide bonds. The van der Waals surface area contributed by atoms with Gasteiger partial charge in [-0.3, -0.25) is 9.78 Å². The molecule has 2 aromatic heterocycles. The van der Waals surface area contributed by atoms with Crippen LogP contribution < -0.4 is 4.80 Å². The summed E-state index contributed by atoms with van der Waals surface area (Å²) in [5, 5.41) is 6.01. The van der Waals surface area contributed by atoms with E-state index in [1.54, 1.807) is 12.3 Å². The van der Waals surface area contributed by atoms with Crippen LogP contribution in [0.3, 0.4) is 0 Å². The van der Waals surface area contributed by atoms with Gasteiger partial charge in [-0.15, -0.1) is 0 Å². The molecule has 1 aliphatic carbocycles. The lowest BCUT2D eigenvalue weighted by Gasteiger charge is -2.12. The maximum atomic E-state index is 12.4. The van der Waals surface area contributed by atoms with Crippen LogP contribution in [0.4, 0.5) is 0 Å². The first kappa shape index (κ1) is 16.3. The molecule has 122 valence electrons. The fourth-order valence-electron chi connectivity index (χ4n) is 2.04. The molecule has 23 heavy (non-hydrogen) atoms. The van der Waals surface area contributed by atoms with Gasteiger partial charge in [-0.1, -0.05) is 43.7 Å². The van der Waals surface area contributed by atoms with Crippen molar-refractivity contribution in [2.75, 3.05) is 0 Å². The molecule has 0 unspecified atom stereocenters. The molecule has 1 saturated carbocycles. The Hall–Kier alpha value is -1.53. The third-order valence-electron chi connectivity index (χ3n) is 3.59. The number of carbonyl (C=O) groups excluding carboxylic acids is 1. The second kappa shape index (κ2) is 6.17. The second-order valence-corrected chi connectivity index (χ2v) is 8.20. The van der Waals surface area contributed by atoms with Gasteiger partial charge < -0.3 is 0 Å². The van der Waals surface area contributed by atoms with Crippen LogP contribution in [-0.2, 0) is 12.0 Å². The lowest BCUT2D eigenvalue weighted by Crippen LogP contribution is -2.20. The Bertz CT molecular complexity index is 799. The van der Waals surface area contributed by atoms with Gasteiger partial charge in [-0.25, -0.2) is 4.68 Å². The van der Waals surface area contributed by atoms with Crippen molar-refractivity contribution >= 4 is 28.8 Å². The number of amides is 1. The molecule has 1 aliphatic rings. The Morgan fingerprint density at radius 1 is 1.48 bits per heavy atom. The zero-order valence-electron chi connectivity index (χ0n) is 13.4. The Morgan fingerprint density at radius 3 is 2.83 bits per heavy atom. The SMILES string of the molecule is CC(C)(C)c1nn(CC2CC2)/c(=N/C(=O)c2cnccc2Cl)s1. The number of aromatic nitrogens is 3. The molecule has 7 heteroatoms. The van der Waals surface area contributed by atoms with E-state index in [-0.39, 0.29) is 11.3 Å². The summed E-state index contributed by atoms with van der Waals surface area (Å²) in [7, 11) is 0. The first-order valence-electron chi connectivity index (χ1n) is 7.61. The predicted molar refractivity (Wildman–Crippen MR) is 90.7 cm³/mol. The van der Waals surface area contributed by atoms with Crippen LogP contribution in [0.1, 0.15) is 49.0 Å². The van der Waals surface area contributed by atoms with E-state index in [1.807, 2.05) is 4.68 Å². The first-order chi connectivity index (χ1) is 10.8. The van der Waals surface area contributed by atoms with E-state index in [1.165, 1.54) is 30.4 Å². The molecule has 0 atom stereocenters. The highest BCUT2D eigenvalue weighted by atomic mass is 35.5. The van der Waals surface area contributed by atoms with E-state index >= 15 is 0 Å². The molecule has 2 heterocycles. The van der Waals surface area contributed by atoms with E-state index in [9.17, 15) is 4.79 Å². The minimum atomic E-state index is -0.378. The quantitative estimate of drug-likeness (QED) is 0.851. The molecule has 2 aromatic rings. The molecule has 0 radical (unpaired) electrons. The van der Waals surface area contributed by atoms with Crippen molar-refractivity contribution < 1.29 is 4.79 Å². The third-order valence-corrected chi connectivity index (χ3v) is 5.29. The number of halogens is 1. The van der Waals surface area contributed by atoms with Crippen molar-refractivity contribution in [3.63, 3.8) is 0 Å². The molecule has 0 bridgehead atoms. The Labute approximate surface area is 144 Å². The lowest BCUT2D eigenvalue weighted by atomic mass is 9.98. The average Bonchev–Trinajstić information content (AvgIpc) is 3.19. The highest BCUT2D eigenvalue weighted by Crippen LogP contribution is 2.30. The average molecular weight is 351 g/mol. The topological polar surface area (TPSA) is 60.1 Å². The summed E-state index contributed by atoms with van der Waals surface area (Å²) in [6, 6.07) is 1.59. The molecule has 0 aromatic carbocycles. The van der Waals surface area contributed by atoms with Crippen molar-refractivity contribution in [1.29, 1.82) is 0 Å². The predicted octanol–water partition coefficient (Wildman–Crippen LogP) is 3.44. The number of hydrogen-bond donors (Lipinski definition) is 0. The largest absolute Gasteiger partial charge is 0.282 e. The van der Waals surface area contributed by atoms with Crippen LogP contribution >= 0.6 is 22.9 Å². The van der Waals surface area contributed by atoms with Crippen molar-refractivity contribution in [2.45, 2.75) is 45.6 Å². The minimum Gasteiger partial charge on any atom is -0.267 e. The maximum Gasteiger partial charge on any atom is 0.282 e. The molecule has 3 rings (SSSR count). The van der Waals surface area contributed by atoms with Crippen molar-refractivity contribution in [3.05, 3.63) is 38.9 Å². The summed E-state index contributed by atoms with van der Waals surface area (Å²) >= 11 is 7.52. The van der Waals surface area contributed by atoms with Crippen LogP contribution in [0.2, 0.25) is 5.02 Å². The maximum absolute atomic E-state index is 12.4. The van der Waals surface area contributed by atoms with E-state index < -0.39 is 0 Å². The second-order valence-electron chi connectivity index (χ2n) is 6.84. The Morgan fingerprint density at radius 2 is 2.22 bits per heavy atom. The zero-order valence-corrected chi connectivity index (χ0v) is 15.0. The van der Waals surface area contributed by atoms with Gasteiger partial charge in [0, 0.05) is 24.4 Å². The first-order valence-corrected chi connectivity index (χ1v) is 8.81. The molecular formula is C16H19ClN4OS. The van der Waals surface area contributed by atoms with Crippen molar-refractivity contribution in [2.24, 2.45) is 10.9 Å². The molecule has 0 N–H and O–H groups in total. The third kappa shape index (κ3) is 3.87. The van der Waals surface area contributed by atoms with E-state index in [2.05, 4.69) is 35.8 Å². The summed E-state index contributed by atoms with van der Waals surface area (Å²) in [5.74, 6) is 0.276. The summed E-state index contributed by atoms with van der Waals surface area (Å²) in [5.41, 5.74) is 0.247. The zero-order chi connectivity index (χ0) is 16.6. The van der Waals surface area contributed by atoms with Crippen LogP contribution in [0.15, 0.2) is 23.5 Å². The molecule has 0 spiro atoms. The fraction of sp³-hybridized carbons (Fsp3) is 0.500. The number of carbonyl (C=O) groups is 1. The lowest BCUT2D eigenvalue weighted by molar-refractivity contribution is 0.0997. The molecular weight excluding hydrogens is 332 g/mol. The summed E-state index contributed by atoms with van der Waals surface area (Å²) in [6.07, 6.45) is 5.44. The van der Waals surface area contributed by atoms with Crippen molar-refractivity contribution in [3.8, 4) is 0 Å². The van der Waals surface area contributed by atoms with Crippen LogP contribution in [0, 0.1) is 5.92 Å². The van der Waals surface area contributed by atoms with Crippen LogP contribution in [-0.4, -0.2) is 20.7 Å². The normalized spacial score (nSPS) is 15.9. The summed E-state index contributed by atoms with van der Waals surface area (Å²) in [6.45, 7) is 7.14. The summed E-state index contributed by atoms with van der Waals surface area (Å²) in [4.78, 5) is 21.3. The summed E-state index contributed by atoms with van der Waals surface area (Å²) < 4.78 is 1.87. The molecule has 0 aliphatic heterocycles. The van der Waals surface area contributed by atoms with E-state index in [0.717, 1.165) is 11.6 Å². The molecule has 1 fully saturated rings. The minimum absolute atomic E-state index is 0.0707. The van der Waals surface area contributed by atoms with Gasteiger partial charge in [0.15, 0.2) is 0 Å². The highest BCUT2D eigenvalue weighted by Gasteiger charge is 2.25. The smallest absolute Gasteiger partial charge is 0.267 e. The van der Waals surface area contributed by atoms with Gasteiger partial charge in [-0.05, 0) is 24.8 Å². The molecule has 0 saturated heterocycles. The van der Waals surface area contributed by atoms with Gasteiger partial charge in [0.1, 0.15) is 5.01 Å². The van der Waals surface area contributed by atoms with Gasteiger partial charge in [0.25, 0.3) is 5.91 Å². The number of nitrogens with zero attached hydrogens (tertiary/aromatic N) is 4. The Kier molecular flexibility index (Phi) is 4.38. The fourth-order valence-corrected chi connectivity index (χ4v) is 3.20. The van der Waals surface area contributed by atoms with Crippen LogP contribution in [0.5, 0.6) is 0 Å². The monoisotopic (exact) mass is 350 g/mol. The molecule has 5 nitrogen and oxygen atoms in total. The van der Waals surface area contributed by atoms with E-state index in [0.29, 0.717) is 21.3 Å². The van der Waals surface area contributed by atoms with E-state index in [4.69, 9.17) is 11.6 Å². The van der Waals surface area contributed by atoms with Gasteiger partial charge >= 0.3 is 0 Å². The van der Waals surface area contributed by atoms with Gasteiger partial charge in [0.05, 0.1) is 10.6 Å². The van der Waals surface area contributed by atoms with Crippen molar-refractivity contribution in [1.82, 2.24) is 14.8 Å². The number of pyridine rings is 1. The Balaban J connectivity index is 2.01. The van der Waals surface area contributed by atoms with Gasteiger partial charge in [0.2, 0.25) is 4.80 Å². The van der Waals surface area contributed by atoms with Gasteiger partial charge in [-0.2, -0.15) is 10.1 Å². The number of hydrogen-bond acceptors (Lipinski definition) is 4. The highest BCUT2D eigenvalue weighted by molar-refractivity contribution is 7.09.